The van der Waals surface area contributed by atoms with Gasteiger partial charge in [0.2, 0.25) is 5.95 Å². The topological polar surface area (TPSA) is 81.1 Å². The van der Waals surface area contributed by atoms with Gasteiger partial charge in [-0.25, -0.2) is 9.97 Å². The van der Waals surface area contributed by atoms with E-state index in [1.807, 2.05) is 42.6 Å². The Balaban J connectivity index is 1.54. The third-order valence-corrected chi connectivity index (χ3v) is 4.54. The quantitative estimate of drug-likeness (QED) is 0.500. The summed E-state index contributed by atoms with van der Waals surface area (Å²) in [4.78, 5) is 21.1. The first kappa shape index (κ1) is 18.6. The van der Waals surface area contributed by atoms with Gasteiger partial charge in [0.1, 0.15) is 0 Å². The van der Waals surface area contributed by atoms with Crippen LogP contribution in [0.15, 0.2) is 73.2 Å². The first-order valence-electron chi connectivity index (χ1n) is 9.27. The molecule has 1 amide bonds. The Morgan fingerprint density at radius 3 is 2.72 bits per heavy atom. The standard InChI is InChI=1S/C22H21N5O2/c1-29-14-13-27-12-9-18-19(7-3-8-20(18)27)26-21(28)16-5-2-6-17(15-16)25-22-23-10-4-11-24-22/h2-12,15H,13-14H2,1H3,(H,26,28)(H,23,24,25). The van der Waals surface area contributed by atoms with E-state index in [0.29, 0.717) is 18.1 Å². The molecule has 0 saturated heterocycles. The number of amides is 1. The molecule has 2 aromatic heterocycles. The van der Waals surface area contributed by atoms with Crippen molar-refractivity contribution in [1.29, 1.82) is 0 Å². The van der Waals surface area contributed by atoms with E-state index in [0.717, 1.165) is 28.8 Å². The van der Waals surface area contributed by atoms with Crippen LogP contribution in [0.25, 0.3) is 10.9 Å². The van der Waals surface area contributed by atoms with Crippen molar-refractivity contribution in [1.82, 2.24) is 14.5 Å². The van der Waals surface area contributed by atoms with E-state index in [1.54, 1.807) is 37.7 Å². The maximum Gasteiger partial charge on any atom is 0.255 e. The number of carbonyl (C=O) groups excluding carboxylic acids is 1. The number of ether oxygens (including phenoxy) is 1. The summed E-state index contributed by atoms with van der Waals surface area (Å²) in [6.07, 6.45) is 5.32. The molecule has 4 aromatic rings. The minimum Gasteiger partial charge on any atom is -0.383 e. The zero-order valence-corrected chi connectivity index (χ0v) is 16.0. The smallest absolute Gasteiger partial charge is 0.255 e. The summed E-state index contributed by atoms with van der Waals surface area (Å²) in [6, 6.07) is 16.9. The van der Waals surface area contributed by atoms with Crippen molar-refractivity contribution < 1.29 is 9.53 Å². The number of nitrogens with one attached hydrogen (secondary N) is 2. The largest absolute Gasteiger partial charge is 0.383 e. The second kappa shape index (κ2) is 8.53. The Morgan fingerprint density at radius 2 is 1.90 bits per heavy atom. The predicted octanol–water partition coefficient (Wildman–Crippen LogP) is 4.07. The van der Waals surface area contributed by atoms with Crippen molar-refractivity contribution in [3.05, 3.63) is 78.8 Å². The lowest BCUT2D eigenvalue weighted by molar-refractivity contribution is 0.102. The number of hydrogen-bond acceptors (Lipinski definition) is 5. The summed E-state index contributed by atoms with van der Waals surface area (Å²) >= 11 is 0. The number of aromatic nitrogens is 3. The van der Waals surface area contributed by atoms with Crippen LogP contribution in [0.1, 0.15) is 10.4 Å². The number of carbonyl (C=O) groups is 1. The molecule has 0 aliphatic heterocycles. The lowest BCUT2D eigenvalue weighted by Crippen LogP contribution is -2.12. The molecule has 29 heavy (non-hydrogen) atoms. The number of rotatable bonds is 7. The molecule has 7 nitrogen and oxygen atoms in total. The predicted molar refractivity (Wildman–Crippen MR) is 114 cm³/mol. The van der Waals surface area contributed by atoms with E-state index >= 15 is 0 Å². The highest BCUT2D eigenvalue weighted by molar-refractivity contribution is 6.09. The second-order valence-electron chi connectivity index (χ2n) is 6.47. The number of anilines is 3. The van der Waals surface area contributed by atoms with Crippen molar-refractivity contribution in [3.8, 4) is 0 Å². The number of hydrogen-bond donors (Lipinski definition) is 2. The lowest BCUT2D eigenvalue weighted by Gasteiger charge is -2.10. The van der Waals surface area contributed by atoms with Crippen LogP contribution in [0, 0.1) is 0 Å². The SMILES string of the molecule is COCCn1ccc2c(NC(=O)c3cccc(Nc4ncccn4)c3)cccc21. The van der Waals surface area contributed by atoms with Crippen LogP contribution in [-0.2, 0) is 11.3 Å². The van der Waals surface area contributed by atoms with E-state index in [1.165, 1.54) is 0 Å². The molecule has 0 aliphatic carbocycles. The van der Waals surface area contributed by atoms with Gasteiger partial charge in [0.25, 0.3) is 5.91 Å². The van der Waals surface area contributed by atoms with Crippen LogP contribution in [-0.4, -0.2) is 34.2 Å². The molecule has 4 rings (SSSR count). The summed E-state index contributed by atoms with van der Waals surface area (Å²) in [7, 11) is 1.68. The van der Waals surface area contributed by atoms with E-state index in [4.69, 9.17) is 4.74 Å². The van der Waals surface area contributed by atoms with E-state index in [-0.39, 0.29) is 5.91 Å². The van der Waals surface area contributed by atoms with Gasteiger partial charge >= 0.3 is 0 Å². The number of benzene rings is 2. The van der Waals surface area contributed by atoms with Gasteiger partial charge in [0.15, 0.2) is 0 Å². The molecule has 2 aromatic carbocycles. The van der Waals surface area contributed by atoms with Crippen LogP contribution in [0.5, 0.6) is 0 Å². The van der Waals surface area contributed by atoms with Gasteiger partial charge < -0.3 is 19.9 Å². The van der Waals surface area contributed by atoms with Crippen LogP contribution in [0.4, 0.5) is 17.3 Å². The summed E-state index contributed by atoms with van der Waals surface area (Å²) < 4.78 is 7.28. The zero-order chi connectivity index (χ0) is 20.1. The van der Waals surface area contributed by atoms with Crippen molar-refractivity contribution >= 4 is 34.1 Å². The molecular weight excluding hydrogens is 366 g/mol. The van der Waals surface area contributed by atoms with Crippen molar-refractivity contribution in [2.24, 2.45) is 0 Å². The Labute approximate surface area is 168 Å². The molecule has 0 saturated carbocycles. The Kier molecular flexibility index (Phi) is 5.49. The maximum atomic E-state index is 12.8. The average Bonchev–Trinajstić information content (AvgIpc) is 3.17. The Morgan fingerprint density at radius 1 is 1.07 bits per heavy atom. The summed E-state index contributed by atoms with van der Waals surface area (Å²) in [6.45, 7) is 1.39. The third kappa shape index (κ3) is 4.25. The van der Waals surface area contributed by atoms with E-state index in [9.17, 15) is 4.79 Å². The minimum absolute atomic E-state index is 0.181. The molecule has 0 bridgehead atoms. The molecule has 2 N–H and O–H groups in total. The maximum absolute atomic E-state index is 12.8. The van der Waals surface area contributed by atoms with Gasteiger partial charge in [-0.1, -0.05) is 12.1 Å². The van der Waals surface area contributed by atoms with Gasteiger partial charge in [0, 0.05) is 48.9 Å². The molecule has 0 radical (unpaired) electrons. The fourth-order valence-corrected chi connectivity index (χ4v) is 3.14. The summed E-state index contributed by atoms with van der Waals surface area (Å²) in [5, 5.41) is 7.11. The molecule has 146 valence electrons. The Hall–Kier alpha value is -3.71. The highest BCUT2D eigenvalue weighted by Crippen LogP contribution is 2.25. The third-order valence-electron chi connectivity index (χ3n) is 4.54. The Bertz CT molecular complexity index is 1120. The normalized spacial score (nSPS) is 10.8. The van der Waals surface area contributed by atoms with Gasteiger partial charge in [0.05, 0.1) is 17.8 Å². The van der Waals surface area contributed by atoms with E-state index in [2.05, 4.69) is 25.2 Å². The fraction of sp³-hybridized carbons (Fsp3) is 0.136. The van der Waals surface area contributed by atoms with Crippen LogP contribution in [0.2, 0.25) is 0 Å². The van der Waals surface area contributed by atoms with Gasteiger partial charge in [-0.2, -0.15) is 0 Å². The highest BCUT2D eigenvalue weighted by atomic mass is 16.5. The molecule has 2 heterocycles. The summed E-state index contributed by atoms with van der Waals surface area (Å²) in [5.41, 5.74) is 3.11. The molecule has 0 spiro atoms. The molecule has 0 atom stereocenters. The average molecular weight is 387 g/mol. The monoisotopic (exact) mass is 387 g/mol. The molecule has 0 aliphatic rings. The van der Waals surface area contributed by atoms with Gasteiger partial charge in [-0.05, 0) is 42.5 Å². The van der Waals surface area contributed by atoms with Crippen molar-refractivity contribution in [2.75, 3.05) is 24.4 Å². The zero-order valence-electron chi connectivity index (χ0n) is 16.0. The van der Waals surface area contributed by atoms with Gasteiger partial charge in [-0.15, -0.1) is 0 Å². The number of fused-ring (bicyclic) bond motifs is 1. The summed E-state index contributed by atoms with van der Waals surface area (Å²) in [5.74, 6) is 0.298. The van der Waals surface area contributed by atoms with Gasteiger partial charge in [-0.3, -0.25) is 4.79 Å². The number of nitrogens with zero attached hydrogens (tertiary/aromatic N) is 3. The first-order valence-corrected chi connectivity index (χ1v) is 9.27. The first-order chi connectivity index (χ1) is 14.2. The molecule has 0 fully saturated rings. The van der Waals surface area contributed by atoms with Crippen LogP contribution < -0.4 is 10.6 Å². The molecule has 0 unspecified atom stereocenters. The molecule has 7 heteroatoms. The van der Waals surface area contributed by atoms with Crippen LogP contribution in [0.3, 0.4) is 0 Å². The second-order valence-corrected chi connectivity index (χ2v) is 6.47. The van der Waals surface area contributed by atoms with E-state index < -0.39 is 0 Å². The molecular formula is C22H21N5O2. The van der Waals surface area contributed by atoms with Crippen molar-refractivity contribution in [3.63, 3.8) is 0 Å². The lowest BCUT2D eigenvalue weighted by atomic mass is 10.1. The minimum atomic E-state index is -0.181. The number of methoxy groups -OCH3 is 1. The fourth-order valence-electron chi connectivity index (χ4n) is 3.14. The van der Waals surface area contributed by atoms with Crippen LogP contribution >= 0.6 is 0 Å². The highest BCUT2D eigenvalue weighted by Gasteiger charge is 2.11. The van der Waals surface area contributed by atoms with Crippen molar-refractivity contribution in [2.45, 2.75) is 6.54 Å².